The third kappa shape index (κ3) is 5.88. The first-order chi connectivity index (χ1) is 12.1. The Morgan fingerprint density at radius 3 is 2.50 bits per heavy atom. The Hall–Kier alpha value is -2.34. The maximum absolute atomic E-state index is 12.1. The van der Waals surface area contributed by atoms with E-state index >= 15 is 0 Å². The third-order valence-corrected chi connectivity index (χ3v) is 4.71. The highest BCUT2D eigenvalue weighted by Crippen LogP contribution is 2.33. The number of nitrogens with one attached hydrogen (secondary N) is 1. The number of rotatable bonds is 6. The molecule has 0 saturated heterocycles. The molecule has 0 spiro atoms. The highest BCUT2D eigenvalue weighted by Gasteiger charge is 2.33. The molecule has 6 heteroatoms. The van der Waals surface area contributed by atoms with Crippen LogP contribution in [-0.2, 0) is 14.3 Å². The summed E-state index contributed by atoms with van der Waals surface area (Å²) in [4.78, 5) is 24.0. The van der Waals surface area contributed by atoms with Crippen molar-refractivity contribution in [2.75, 3.05) is 5.32 Å². The minimum Gasteiger partial charge on any atom is -0.508 e. The molecule has 3 N–H and O–H groups in total. The number of ether oxygens (including phenoxy) is 1. The standard InChI is InChI=1S/C20H27NO5/c1-13-4-5-14(20(2,3)25)12-17(13)26-19(24)11-10-18(23)21-15-6-8-16(22)9-7-15/h4,6-9,14,17,22,25H,5,10-12H2,1-3H3,(H,21,23). The topological polar surface area (TPSA) is 95.9 Å². The molecule has 2 atom stereocenters. The number of benzene rings is 1. The first-order valence-corrected chi connectivity index (χ1v) is 8.82. The number of hydrogen-bond acceptors (Lipinski definition) is 5. The molecule has 1 amide bonds. The van der Waals surface area contributed by atoms with Crippen molar-refractivity contribution in [1.29, 1.82) is 0 Å². The molecule has 0 heterocycles. The van der Waals surface area contributed by atoms with E-state index in [2.05, 4.69) is 5.32 Å². The molecule has 2 unspecified atom stereocenters. The average molecular weight is 361 g/mol. The van der Waals surface area contributed by atoms with Crippen molar-refractivity contribution in [1.82, 2.24) is 0 Å². The summed E-state index contributed by atoms with van der Waals surface area (Å²) in [5.41, 5.74) is 0.707. The van der Waals surface area contributed by atoms with Gasteiger partial charge in [0.2, 0.25) is 5.91 Å². The molecule has 142 valence electrons. The number of aliphatic hydroxyl groups is 1. The molecule has 1 aromatic rings. The normalized spacial score (nSPS) is 20.2. The molecule has 0 saturated carbocycles. The summed E-state index contributed by atoms with van der Waals surface area (Å²) in [5, 5.41) is 22.1. The quantitative estimate of drug-likeness (QED) is 0.411. The van der Waals surface area contributed by atoms with E-state index in [9.17, 15) is 19.8 Å². The fourth-order valence-electron chi connectivity index (χ4n) is 2.92. The van der Waals surface area contributed by atoms with E-state index in [4.69, 9.17) is 4.74 Å². The maximum atomic E-state index is 12.1. The molecule has 26 heavy (non-hydrogen) atoms. The van der Waals surface area contributed by atoms with Crippen molar-refractivity contribution in [3.8, 4) is 5.75 Å². The van der Waals surface area contributed by atoms with Crippen LogP contribution in [0.3, 0.4) is 0 Å². The van der Waals surface area contributed by atoms with E-state index in [0.717, 1.165) is 12.0 Å². The van der Waals surface area contributed by atoms with Crippen LogP contribution in [0.5, 0.6) is 5.75 Å². The number of phenols is 1. The van der Waals surface area contributed by atoms with Crippen LogP contribution < -0.4 is 5.32 Å². The Morgan fingerprint density at radius 2 is 1.88 bits per heavy atom. The monoisotopic (exact) mass is 361 g/mol. The molecular weight excluding hydrogens is 334 g/mol. The van der Waals surface area contributed by atoms with Gasteiger partial charge in [-0.3, -0.25) is 9.59 Å². The summed E-state index contributed by atoms with van der Waals surface area (Å²) in [5.74, 6) is -0.577. The fourth-order valence-corrected chi connectivity index (χ4v) is 2.92. The molecule has 0 radical (unpaired) electrons. The van der Waals surface area contributed by atoms with Gasteiger partial charge in [0, 0.05) is 12.1 Å². The molecular formula is C20H27NO5. The lowest BCUT2D eigenvalue weighted by molar-refractivity contribution is -0.150. The van der Waals surface area contributed by atoms with Crippen LogP contribution in [-0.4, -0.2) is 33.8 Å². The zero-order chi connectivity index (χ0) is 19.3. The lowest BCUT2D eigenvalue weighted by Gasteiger charge is -2.35. The number of phenolic OH excluding ortho intramolecular Hbond substituents is 1. The van der Waals surface area contributed by atoms with Crippen LogP contribution in [0.2, 0.25) is 0 Å². The zero-order valence-electron chi connectivity index (χ0n) is 15.5. The van der Waals surface area contributed by atoms with Crippen molar-refractivity contribution in [3.05, 3.63) is 35.9 Å². The Labute approximate surface area is 153 Å². The molecule has 0 aliphatic heterocycles. The van der Waals surface area contributed by atoms with Crippen molar-refractivity contribution in [3.63, 3.8) is 0 Å². The Kier molecular flexibility index (Phi) is 6.42. The molecule has 0 fully saturated rings. The SMILES string of the molecule is CC1=CCC(C(C)(C)O)CC1OC(=O)CCC(=O)Nc1ccc(O)cc1. The van der Waals surface area contributed by atoms with Crippen molar-refractivity contribution in [2.45, 2.75) is 58.2 Å². The number of anilines is 1. The molecule has 2 rings (SSSR count). The second-order valence-corrected chi connectivity index (χ2v) is 7.34. The van der Waals surface area contributed by atoms with Gasteiger partial charge in [0.1, 0.15) is 11.9 Å². The summed E-state index contributed by atoms with van der Waals surface area (Å²) >= 11 is 0. The summed E-state index contributed by atoms with van der Waals surface area (Å²) in [6.07, 6.45) is 3.00. The summed E-state index contributed by atoms with van der Waals surface area (Å²) in [6.45, 7) is 5.44. The number of amides is 1. The number of esters is 1. The summed E-state index contributed by atoms with van der Waals surface area (Å²) in [6, 6.07) is 6.11. The predicted octanol–water partition coefficient (Wildman–Crippen LogP) is 3.15. The van der Waals surface area contributed by atoms with Gasteiger partial charge in [-0.2, -0.15) is 0 Å². The largest absolute Gasteiger partial charge is 0.508 e. The van der Waals surface area contributed by atoms with Crippen LogP contribution >= 0.6 is 0 Å². The van der Waals surface area contributed by atoms with E-state index in [-0.39, 0.29) is 36.5 Å². The van der Waals surface area contributed by atoms with Crippen molar-refractivity contribution >= 4 is 17.6 Å². The van der Waals surface area contributed by atoms with Gasteiger partial charge < -0.3 is 20.3 Å². The minimum atomic E-state index is -0.828. The number of hydrogen-bond donors (Lipinski definition) is 3. The van der Waals surface area contributed by atoms with Gasteiger partial charge in [-0.05, 0) is 69.4 Å². The molecule has 1 aliphatic carbocycles. The third-order valence-electron chi connectivity index (χ3n) is 4.71. The van der Waals surface area contributed by atoms with Crippen LogP contribution in [0.4, 0.5) is 5.69 Å². The first kappa shape index (κ1) is 20.0. The number of carbonyl (C=O) groups excluding carboxylic acids is 2. The molecule has 6 nitrogen and oxygen atoms in total. The molecule has 0 bridgehead atoms. The highest BCUT2D eigenvalue weighted by molar-refractivity contribution is 5.92. The van der Waals surface area contributed by atoms with E-state index in [1.807, 2.05) is 13.0 Å². The van der Waals surface area contributed by atoms with Gasteiger partial charge in [0.25, 0.3) is 0 Å². The number of carbonyl (C=O) groups is 2. The van der Waals surface area contributed by atoms with E-state index < -0.39 is 11.6 Å². The van der Waals surface area contributed by atoms with Crippen molar-refractivity contribution < 1.29 is 24.5 Å². The van der Waals surface area contributed by atoms with Gasteiger partial charge >= 0.3 is 5.97 Å². The lowest BCUT2D eigenvalue weighted by Crippen LogP contribution is -2.37. The van der Waals surface area contributed by atoms with Crippen LogP contribution in [0.25, 0.3) is 0 Å². The smallest absolute Gasteiger partial charge is 0.306 e. The second kappa shape index (κ2) is 8.36. The molecule has 0 aromatic heterocycles. The van der Waals surface area contributed by atoms with Crippen molar-refractivity contribution in [2.24, 2.45) is 5.92 Å². The van der Waals surface area contributed by atoms with Crippen LogP contribution in [0, 0.1) is 5.92 Å². The number of aromatic hydroxyl groups is 1. The maximum Gasteiger partial charge on any atom is 0.306 e. The Morgan fingerprint density at radius 1 is 1.23 bits per heavy atom. The minimum absolute atomic E-state index is 0.0130. The average Bonchev–Trinajstić information content (AvgIpc) is 2.56. The van der Waals surface area contributed by atoms with E-state index in [1.54, 1.807) is 26.0 Å². The second-order valence-electron chi connectivity index (χ2n) is 7.34. The highest BCUT2D eigenvalue weighted by atomic mass is 16.5. The van der Waals surface area contributed by atoms with Gasteiger partial charge in [0.15, 0.2) is 0 Å². The van der Waals surface area contributed by atoms with E-state index in [0.29, 0.717) is 12.1 Å². The van der Waals surface area contributed by atoms with Gasteiger partial charge in [-0.15, -0.1) is 0 Å². The zero-order valence-corrected chi connectivity index (χ0v) is 15.5. The Balaban J connectivity index is 1.80. The first-order valence-electron chi connectivity index (χ1n) is 8.82. The van der Waals surface area contributed by atoms with E-state index in [1.165, 1.54) is 12.1 Å². The Bertz CT molecular complexity index is 672. The van der Waals surface area contributed by atoms with Crippen LogP contribution in [0.15, 0.2) is 35.9 Å². The van der Waals surface area contributed by atoms with Gasteiger partial charge in [0.05, 0.1) is 12.0 Å². The van der Waals surface area contributed by atoms with Gasteiger partial charge in [-0.1, -0.05) is 6.08 Å². The molecule has 1 aromatic carbocycles. The predicted molar refractivity (Wildman–Crippen MR) is 98.6 cm³/mol. The number of allylic oxidation sites excluding steroid dienone is 1. The summed E-state index contributed by atoms with van der Waals surface area (Å²) in [7, 11) is 0. The summed E-state index contributed by atoms with van der Waals surface area (Å²) < 4.78 is 5.51. The van der Waals surface area contributed by atoms with Gasteiger partial charge in [-0.25, -0.2) is 0 Å². The fraction of sp³-hybridized carbons (Fsp3) is 0.500. The molecule has 1 aliphatic rings. The van der Waals surface area contributed by atoms with Crippen LogP contribution in [0.1, 0.15) is 46.5 Å². The lowest BCUT2D eigenvalue weighted by atomic mass is 9.78.